The van der Waals surface area contributed by atoms with Crippen molar-refractivity contribution in [2.45, 2.75) is 19.8 Å². The maximum Gasteiger partial charge on any atom is 0.240 e. The first-order chi connectivity index (χ1) is 7.63. The van der Waals surface area contributed by atoms with Gasteiger partial charge in [0.15, 0.2) is 0 Å². The molecular formula is C12H17N3O. The molecule has 4 heteroatoms. The van der Waals surface area contributed by atoms with Crippen molar-refractivity contribution in [2.24, 2.45) is 5.73 Å². The number of hydrogen-bond donors (Lipinski definition) is 2. The highest BCUT2D eigenvalue weighted by molar-refractivity contribution is 5.96. The number of anilines is 2. The molecule has 0 aromatic heterocycles. The van der Waals surface area contributed by atoms with Crippen molar-refractivity contribution in [3.8, 4) is 0 Å². The predicted molar refractivity (Wildman–Crippen MR) is 65.3 cm³/mol. The maximum absolute atomic E-state index is 11.7. The highest BCUT2D eigenvalue weighted by Gasteiger charge is 2.23. The van der Waals surface area contributed by atoms with Crippen LogP contribution in [-0.4, -0.2) is 19.0 Å². The molecule has 0 bridgehead atoms. The van der Waals surface area contributed by atoms with Crippen molar-refractivity contribution < 1.29 is 4.79 Å². The number of benzene rings is 1. The number of carbonyl (C=O) groups is 1. The van der Waals surface area contributed by atoms with Crippen molar-refractivity contribution in [3.63, 3.8) is 0 Å². The Bertz CT molecular complexity index is 429. The first kappa shape index (κ1) is 11.0. The van der Waals surface area contributed by atoms with Crippen molar-refractivity contribution >= 4 is 17.3 Å². The lowest BCUT2D eigenvalue weighted by Gasteiger charge is -2.31. The Kier molecular flexibility index (Phi) is 2.83. The van der Waals surface area contributed by atoms with Crippen LogP contribution in [0.2, 0.25) is 0 Å². The monoisotopic (exact) mass is 219 g/mol. The van der Waals surface area contributed by atoms with E-state index in [0.29, 0.717) is 0 Å². The molecule has 1 aromatic carbocycles. The Morgan fingerprint density at radius 3 is 2.94 bits per heavy atom. The van der Waals surface area contributed by atoms with Crippen LogP contribution in [0.1, 0.15) is 17.5 Å². The number of hydrogen-bond acceptors (Lipinski definition) is 3. The average Bonchev–Trinajstić information content (AvgIpc) is 2.26. The van der Waals surface area contributed by atoms with Crippen molar-refractivity contribution in [1.82, 2.24) is 0 Å². The molecule has 0 saturated heterocycles. The van der Waals surface area contributed by atoms with E-state index >= 15 is 0 Å². The molecule has 4 N–H and O–H groups in total. The molecule has 0 spiro atoms. The molecule has 1 aliphatic heterocycles. The fourth-order valence-corrected chi connectivity index (χ4v) is 2.36. The van der Waals surface area contributed by atoms with Gasteiger partial charge in [-0.15, -0.1) is 0 Å². The summed E-state index contributed by atoms with van der Waals surface area (Å²) >= 11 is 0. The molecule has 1 aromatic rings. The zero-order chi connectivity index (χ0) is 11.7. The molecule has 0 saturated carbocycles. The average molecular weight is 219 g/mol. The summed E-state index contributed by atoms with van der Waals surface area (Å²) in [6.45, 7) is 2.80. The molecular weight excluding hydrogens is 202 g/mol. The van der Waals surface area contributed by atoms with Gasteiger partial charge in [0.1, 0.15) is 0 Å². The molecule has 0 fully saturated rings. The summed E-state index contributed by atoms with van der Waals surface area (Å²) in [6, 6.07) is 3.86. The third-order valence-corrected chi connectivity index (χ3v) is 2.98. The Labute approximate surface area is 95.2 Å². The summed E-state index contributed by atoms with van der Waals surface area (Å²) in [7, 11) is 0. The third-order valence-electron chi connectivity index (χ3n) is 2.98. The van der Waals surface area contributed by atoms with E-state index in [1.54, 1.807) is 4.90 Å². The molecule has 86 valence electrons. The normalized spacial score (nSPS) is 14.8. The van der Waals surface area contributed by atoms with Gasteiger partial charge >= 0.3 is 0 Å². The topological polar surface area (TPSA) is 72.3 Å². The Morgan fingerprint density at radius 2 is 2.25 bits per heavy atom. The van der Waals surface area contributed by atoms with E-state index in [1.807, 2.05) is 19.1 Å². The molecule has 16 heavy (non-hydrogen) atoms. The van der Waals surface area contributed by atoms with Crippen LogP contribution < -0.4 is 16.4 Å². The smallest absolute Gasteiger partial charge is 0.240 e. The summed E-state index contributed by atoms with van der Waals surface area (Å²) in [4.78, 5) is 13.5. The minimum atomic E-state index is -0.0196. The van der Waals surface area contributed by atoms with Gasteiger partial charge in [0, 0.05) is 17.9 Å². The van der Waals surface area contributed by atoms with Gasteiger partial charge in [0.2, 0.25) is 5.91 Å². The number of amides is 1. The minimum absolute atomic E-state index is 0.0196. The molecule has 0 atom stereocenters. The van der Waals surface area contributed by atoms with Crippen molar-refractivity contribution in [1.29, 1.82) is 0 Å². The Hall–Kier alpha value is -1.55. The summed E-state index contributed by atoms with van der Waals surface area (Å²) in [6.07, 6.45) is 1.96. The number of aryl methyl sites for hydroxylation is 2. The molecule has 0 radical (unpaired) electrons. The molecule has 0 unspecified atom stereocenters. The van der Waals surface area contributed by atoms with Gasteiger partial charge in [-0.3, -0.25) is 4.79 Å². The minimum Gasteiger partial charge on any atom is -0.399 e. The third kappa shape index (κ3) is 1.76. The lowest BCUT2D eigenvalue weighted by atomic mass is 9.97. The second-order valence-electron chi connectivity index (χ2n) is 4.20. The molecule has 1 heterocycles. The van der Waals surface area contributed by atoms with Crippen LogP contribution in [0, 0.1) is 6.92 Å². The van der Waals surface area contributed by atoms with E-state index in [2.05, 4.69) is 0 Å². The highest BCUT2D eigenvalue weighted by atomic mass is 16.2. The van der Waals surface area contributed by atoms with Crippen LogP contribution in [-0.2, 0) is 11.2 Å². The second kappa shape index (κ2) is 4.14. The van der Waals surface area contributed by atoms with E-state index in [1.165, 1.54) is 0 Å². The zero-order valence-electron chi connectivity index (χ0n) is 9.49. The lowest BCUT2D eigenvalue weighted by Crippen LogP contribution is -2.40. The quantitative estimate of drug-likeness (QED) is 0.687. The van der Waals surface area contributed by atoms with Gasteiger partial charge in [0.05, 0.1) is 6.54 Å². The van der Waals surface area contributed by atoms with Gasteiger partial charge in [0.25, 0.3) is 0 Å². The Balaban J connectivity index is 2.49. The summed E-state index contributed by atoms with van der Waals surface area (Å²) in [5, 5.41) is 0. The molecule has 0 aliphatic carbocycles. The van der Waals surface area contributed by atoms with Crippen molar-refractivity contribution in [3.05, 3.63) is 23.3 Å². The Morgan fingerprint density at radius 1 is 1.50 bits per heavy atom. The molecule has 2 rings (SSSR count). The fraction of sp³-hybridized carbons (Fsp3) is 0.417. The van der Waals surface area contributed by atoms with Crippen LogP contribution in [0.4, 0.5) is 11.4 Å². The van der Waals surface area contributed by atoms with Gasteiger partial charge < -0.3 is 16.4 Å². The van der Waals surface area contributed by atoms with Crippen LogP contribution in [0.15, 0.2) is 12.1 Å². The van der Waals surface area contributed by atoms with Crippen LogP contribution in [0.3, 0.4) is 0 Å². The van der Waals surface area contributed by atoms with E-state index in [-0.39, 0.29) is 12.5 Å². The summed E-state index contributed by atoms with van der Waals surface area (Å²) in [5.41, 5.74) is 15.2. The fourth-order valence-electron chi connectivity index (χ4n) is 2.36. The van der Waals surface area contributed by atoms with Crippen LogP contribution in [0.25, 0.3) is 0 Å². The largest absolute Gasteiger partial charge is 0.399 e. The van der Waals surface area contributed by atoms with E-state index in [9.17, 15) is 4.79 Å². The number of nitrogen functional groups attached to an aromatic ring is 1. The molecule has 1 aliphatic rings. The summed E-state index contributed by atoms with van der Waals surface area (Å²) < 4.78 is 0. The molecule has 4 nitrogen and oxygen atoms in total. The van der Waals surface area contributed by atoms with E-state index < -0.39 is 0 Å². The second-order valence-corrected chi connectivity index (χ2v) is 4.20. The summed E-state index contributed by atoms with van der Waals surface area (Å²) in [5.74, 6) is -0.0196. The number of fused-ring (bicyclic) bond motifs is 1. The van der Waals surface area contributed by atoms with Gasteiger partial charge in [-0.25, -0.2) is 0 Å². The van der Waals surface area contributed by atoms with Gasteiger partial charge in [-0.2, -0.15) is 0 Å². The first-order valence-corrected chi connectivity index (χ1v) is 5.53. The van der Waals surface area contributed by atoms with Crippen molar-refractivity contribution in [2.75, 3.05) is 23.7 Å². The number of nitrogens with zero attached hydrogens (tertiary/aromatic N) is 1. The first-order valence-electron chi connectivity index (χ1n) is 5.53. The number of nitrogens with two attached hydrogens (primary N) is 2. The zero-order valence-corrected chi connectivity index (χ0v) is 9.49. The standard InChI is InChI=1S/C12H17N3O/c1-8-5-10(14)6-9-3-2-4-15(12(8)9)11(16)7-13/h5-6H,2-4,7,13-14H2,1H3. The van der Waals surface area contributed by atoms with Gasteiger partial charge in [-0.05, 0) is 43.0 Å². The van der Waals surface area contributed by atoms with E-state index in [0.717, 1.165) is 41.9 Å². The number of rotatable bonds is 1. The SMILES string of the molecule is Cc1cc(N)cc2c1N(C(=O)CN)CCC2. The van der Waals surface area contributed by atoms with Crippen LogP contribution >= 0.6 is 0 Å². The molecule has 1 amide bonds. The maximum atomic E-state index is 11.7. The van der Waals surface area contributed by atoms with Crippen LogP contribution in [0.5, 0.6) is 0 Å². The highest BCUT2D eigenvalue weighted by Crippen LogP contribution is 2.32. The number of carbonyl (C=O) groups excluding carboxylic acids is 1. The van der Waals surface area contributed by atoms with E-state index in [4.69, 9.17) is 11.5 Å². The van der Waals surface area contributed by atoms with Gasteiger partial charge in [-0.1, -0.05) is 0 Å². The lowest BCUT2D eigenvalue weighted by molar-refractivity contribution is -0.117. The predicted octanol–water partition coefficient (Wildman–Crippen LogP) is 0.815.